The molecular formula is C23H28ClN3O3. The van der Waals surface area contributed by atoms with Crippen LogP contribution in [0.25, 0.3) is 0 Å². The second-order valence-electron chi connectivity index (χ2n) is 7.45. The number of carbonyl (C=O) groups is 2. The van der Waals surface area contributed by atoms with E-state index in [2.05, 4.69) is 10.6 Å². The molecule has 7 heteroatoms. The highest BCUT2D eigenvalue weighted by atomic mass is 35.5. The van der Waals surface area contributed by atoms with Crippen molar-refractivity contribution in [3.8, 4) is 0 Å². The Morgan fingerprint density at radius 3 is 2.77 bits per heavy atom. The van der Waals surface area contributed by atoms with Crippen molar-refractivity contribution in [2.75, 3.05) is 38.7 Å². The number of carbonyl (C=O) groups excluding carboxylic acids is 2. The molecule has 3 amide bonds. The van der Waals surface area contributed by atoms with E-state index in [4.69, 9.17) is 16.3 Å². The molecular weight excluding hydrogens is 402 g/mol. The Hall–Kier alpha value is -2.57. The van der Waals surface area contributed by atoms with Crippen molar-refractivity contribution in [2.45, 2.75) is 25.2 Å². The van der Waals surface area contributed by atoms with Gasteiger partial charge >= 0.3 is 6.03 Å². The number of methoxy groups -OCH3 is 1. The number of urea groups is 1. The molecule has 2 aromatic rings. The number of rotatable bonds is 7. The fourth-order valence-corrected chi connectivity index (χ4v) is 3.75. The molecule has 0 radical (unpaired) electrons. The largest absolute Gasteiger partial charge is 0.385 e. The minimum atomic E-state index is -0.117. The third kappa shape index (κ3) is 6.21. The molecule has 0 aromatic heterocycles. The van der Waals surface area contributed by atoms with E-state index in [1.165, 1.54) is 0 Å². The minimum absolute atomic E-state index is 0.0823. The van der Waals surface area contributed by atoms with Crippen LogP contribution < -0.4 is 10.6 Å². The maximum Gasteiger partial charge on any atom is 0.321 e. The standard InChI is InChI=1S/C23H28ClN3O3/c1-30-14-4-12-25-22(28)18-6-2-5-17(15-18)19-7-3-13-27(16-19)23(29)26-21-10-8-20(24)9-11-21/h2,5-6,8-11,15,19H,3-4,7,12-14,16H2,1H3,(H,25,28)(H,26,29)/t19-/m1/s1. The molecule has 0 unspecified atom stereocenters. The maximum absolute atomic E-state index is 12.7. The number of nitrogens with zero attached hydrogens (tertiary/aromatic N) is 1. The van der Waals surface area contributed by atoms with Crippen LogP contribution in [0.5, 0.6) is 0 Å². The molecule has 1 heterocycles. The number of benzene rings is 2. The van der Waals surface area contributed by atoms with Gasteiger partial charge in [-0.25, -0.2) is 4.79 Å². The number of piperidine rings is 1. The third-order valence-electron chi connectivity index (χ3n) is 5.24. The van der Waals surface area contributed by atoms with Crippen LogP contribution in [0.4, 0.5) is 10.5 Å². The molecule has 2 N–H and O–H groups in total. The fraction of sp³-hybridized carbons (Fsp3) is 0.391. The van der Waals surface area contributed by atoms with Crippen molar-refractivity contribution < 1.29 is 14.3 Å². The number of amides is 3. The van der Waals surface area contributed by atoms with Gasteiger partial charge in [0.25, 0.3) is 5.91 Å². The average molecular weight is 430 g/mol. The molecule has 6 nitrogen and oxygen atoms in total. The van der Waals surface area contributed by atoms with Gasteiger partial charge in [0, 0.05) is 55.5 Å². The molecule has 1 fully saturated rings. The van der Waals surface area contributed by atoms with Gasteiger partial charge in [-0.3, -0.25) is 4.79 Å². The van der Waals surface area contributed by atoms with Gasteiger partial charge in [-0.1, -0.05) is 23.7 Å². The van der Waals surface area contributed by atoms with E-state index in [9.17, 15) is 9.59 Å². The van der Waals surface area contributed by atoms with E-state index in [0.717, 1.165) is 37.1 Å². The Kier molecular flexibility index (Phi) is 8.11. The van der Waals surface area contributed by atoms with E-state index < -0.39 is 0 Å². The van der Waals surface area contributed by atoms with Crippen molar-refractivity contribution in [1.29, 1.82) is 0 Å². The van der Waals surface area contributed by atoms with Crippen LogP contribution in [0.3, 0.4) is 0 Å². The van der Waals surface area contributed by atoms with Crippen LogP contribution >= 0.6 is 11.6 Å². The number of likely N-dealkylation sites (tertiary alicyclic amines) is 1. The number of ether oxygens (including phenoxy) is 1. The SMILES string of the molecule is COCCCNC(=O)c1cccc([C@@H]2CCCN(C(=O)Nc3ccc(Cl)cc3)C2)c1. The van der Waals surface area contributed by atoms with Gasteiger partial charge in [0.15, 0.2) is 0 Å². The summed E-state index contributed by atoms with van der Waals surface area (Å²) in [6, 6.07) is 14.7. The smallest absolute Gasteiger partial charge is 0.321 e. The van der Waals surface area contributed by atoms with Crippen molar-refractivity contribution in [2.24, 2.45) is 0 Å². The Balaban J connectivity index is 1.60. The van der Waals surface area contributed by atoms with Crippen molar-refractivity contribution in [3.05, 3.63) is 64.7 Å². The lowest BCUT2D eigenvalue weighted by Crippen LogP contribution is -2.41. The molecule has 160 valence electrons. The van der Waals surface area contributed by atoms with Crippen molar-refractivity contribution >= 4 is 29.2 Å². The van der Waals surface area contributed by atoms with Gasteiger partial charge in [0.1, 0.15) is 0 Å². The Morgan fingerprint density at radius 1 is 1.20 bits per heavy atom. The summed E-state index contributed by atoms with van der Waals surface area (Å²) in [4.78, 5) is 26.9. The number of nitrogens with one attached hydrogen (secondary N) is 2. The van der Waals surface area contributed by atoms with Crippen LogP contribution in [0.1, 0.15) is 41.1 Å². The average Bonchev–Trinajstić information content (AvgIpc) is 2.78. The van der Waals surface area contributed by atoms with Gasteiger partial charge in [-0.05, 0) is 61.2 Å². The van der Waals surface area contributed by atoms with Gasteiger partial charge in [-0.2, -0.15) is 0 Å². The molecule has 1 atom stereocenters. The minimum Gasteiger partial charge on any atom is -0.385 e. The summed E-state index contributed by atoms with van der Waals surface area (Å²) < 4.78 is 5.01. The summed E-state index contributed by atoms with van der Waals surface area (Å²) in [5.74, 6) is 0.122. The summed E-state index contributed by atoms with van der Waals surface area (Å²) >= 11 is 5.90. The van der Waals surface area contributed by atoms with Crippen LogP contribution in [-0.2, 0) is 4.74 Å². The Labute approximate surface area is 182 Å². The molecule has 0 spiro atoms. The molecule has 0 bridgehead atoms. The first-order valence-electron chi connectivity index (χ1n) is 10.3. The number of halogens is 1. The predicted molar refractivity (Wildman–Crippen MR) is 119 cm³/mol. The first-order valence-corrected chi connectivity index (χ1v) is 10.6. The molecule has 30 heavy (non-hydrogen) atoms. The molecule has 0 saturated carbocycles. The van der Waals surface area contributed by atoms with Gasteiger partial charge in [-0.15, -0.1) is 0 Å². The predicted octanol–water partition coefficient (Wildman–Crippen LogP) is 4.52. The Morgan fingerprint density at radius 2 is 2.00 bits per heavy atom. The summed E-state index contributed by atoms with van der Waals surface area (Å²) in [5.41, 5.74) is 2.45. The second-order valence-corrected chi connectivity index (χ2v) is 7.89. The van der Waals surface area contributed by atoms with Crippen LogP contribution in [0, 0.1) is 0 Å². The molecule has 1 aliphatic heterocycles. The summed E-state index contributed by atoms with van der Waals surface area (Å²) in [6.07, 6.45) is 2.69. The lowest BCUT2D eigenvalue weighted by atomic mass is 9.89. The summed E-state index contributed by atoms with van der Waals surface area (Å²) in [5, 5.41) is 6.48. The Bertz CT molecular complexity index is 857. The van der Waals surface area contributed by atoms with Crippen molar-refractivity contribution in [1.82, 2.24) is 10.2 Å². The van der Waals surface area contributed by atoms with Crippen LogP contribution in [0.2, 0.25) is 5.02 Å². The van der Waals surface area contributed by atoms with Crippen LogP contribution in [-0.4, -0.2) is 50.2 Å². The highest BCUT2D eigenvalue weighted by Crippen LogP contribution is 2.28. The highest BCUT2D eigenvalue weighted by molar-refractivity contribution is 6.30. The molecule has 2 aromatic carbocycles. The summed E-state index contributed by atoms with van der Waals surface area (Å²) in [7, 11) is 1.65. The molecule has 0 aliphatic carbocycles. The maximum atomic E-state index is 12.7. The first kappa shape index (κ1) is 22.1. The van der Waals surface area contributed by atoms with Gasteiger partial charge in [0.05, 0.1) is 0 Å². The monoisotopic (exact) mass is 429 g/mol. The topological polar surface area (TPSA) is 70.7 Å². The normalized spacial score (nSPS) is 16.2. The lowest BCUT2D eigenvalue weighted by molar-refractivity contribution is 0.0948. The van der Waals surface area contributed by atoms with Gasteiger partial charge in [0.2, 0.25) is 0 Å². The second kappa shape index (κ2) is 11.0. The highest BCUT2D eigenvalue weighted by Gasteiger charge is 2.25. The lowest BCUT2D eigenvalue weighted by Gasteiger charge is -2.33. The zero-order chi connectivity index (χ0) is 21.3. The molecule has 3 rings (SSSR count). The fourth-order valence-electron chi connectivity index (χ4n) is 3.62. The van der Waals surface area contributed by atoms with Gasteiger partial charge < -0.3 is 20.3 Å². The van der Waals surface area contributed by atoms with E-state index in [1.54, 1.807) is 31.4 Å². The zero-order valence-corrected chi connectivity index (χ0v) is 18.0. The van der Waals surface area contributed by atoms with Crippen molar-refractivity contribution in [3.63, 3.8) is 0 Å². The number of anilines is 1. The van der Waals surface area contributed by atoms with Crippen LogP contribution in [0.15, 0.2) is 48.5 Å². The summed E-state index contributed by atoms with van der Waals surface area (Å²) in [6.45, 7) is 2.54. The first-order chi connectivity index (χ1) is 14.6. The number of hydrogen-bond acceptors (Lipinski definition) is 3. The van der Waals surface area contributed by atoms with E-state index in [-0.39, 0.29) is 17.9 Å². The number of hydrogen-bond donors (Lipinski definition) is 2. The quantitative estimate of drug-likeness (QED) is 0.636. The zero-order valence-electron chi connectivity index (χ0n) is 17.2. The van der Waals surface area contributed by atoms with E-state index >= 15 is 0 Å². The third-order valence-corrected chi connectivity index (χ3v) is 5.49. The van der Waals surface area contributed by atoms with E-state index in [1.807, 2.05) is 29.2 Å². The molecule has 1 aliphatic rings. The molecule has 1 saturated heterocycles. The van der Waals surface area contributed by atoms with E-state index in [0.29, 0.717) is 30.3 Å².